The Morgan fingerprint density at radius 2 is 0.683 bits per heavy atom. The number of amides is 4. The number of hydrogen-bond acceptors (Lipinski definition) is 24. The molecule has 0 saturated carbocycles. The second kappa shape index (κ2) is 45.5. The van der Waals surface area contributed by atoms with E-state index in [0.717, 1.165) is 53.1 Å². The maximum atomic E-state index is 14.8. The zero-order valence-electron chi connectivity index (χ0n) is 76.8. The van der Waals surface area contributed by atoms with E-state index in [4.69, 9.17) is 46.1 Å². The van der Waals surface area contributed by atoms with Crippen molar-refractivity contribution < 1.29 is 112 Å². The molecule has 4 aliphatic rings. The number of carboxylic acids is 1. The summed E-state index contributed by atoms with van der Waals surface area (Å²) in [6.45, 7) is 1.15. The normalized spacial score (nSPS) is 12.3. The van der Waals surface area contributed by atoms with Crippen LogP contribution in [-0.2, 0) is 118 Å². The van der Waals surface area contributed by atoms with Gasteiger partial charge in [-0.05, 0) is 160 Å². The van der Waals surface area contributed by atoms with Gasteiger partial charge in [0.1, 0.15) is 75.4 Å². The van der Waals surface area contributed by atoms with Crippen LogP contribution < -0.4 is 35.3 Å². The fraction of sp³-hybridized carbons (Fsp3) is 0.192. The summed E-state index contributed by atoms with van der Waals surface area (Å²) in [6, 6.07) is 44.6. The zero-order chi connectivity index (χ0) is 101. The van der Waals surface area contributed by atoms with Crippen molar-refractivity contribution in [2.24, 2.45) is 0 Å². The number of nitrogens with two attached hydrogens (primary N) is 1. The van der Waals surface area contributed by atoms with Crippen molar-refractivity contribution in [2.75, 3.05) is 55.5 Å². The van der Waals surface area contributed by atoms with Crippen LogP contribution >= 0.6 is 11.6 Å². The van der Waals surface area contributed by atoms with E-state index in [1.807, 2.05) is 12.1 Å². The van der Waals surface area contributed by atoms with E-state index in [1.165, 1.54) is 96.3 Å². The number of pyridine rings is 8. The van der Waals surface area contributed by atoms with E-state index < -0.39 is 52.5 Å². The minimum atomic E-state index is -0.959. The number of carbonyl (C=O) groups is 8. The molecule has 0 atom stereocenters. The fourth-order valence-electron chi connectivity index (χ4n) is 15.9. The number of halogens is 9. The molecule has 5 N–H and O–H groups in total. The number of hydrogen-bond donors (Lipinski definition) is 4. The first kappa shape index (κ1) is 101. The molecule has 29 nitrogen and oxygen atoms in total. The Bertz CT molecular complexity index is 7120. The van der Waals surface area contributed by atoms with Gasteiger partial charge in [-0.1, -0.05) is 60.1 Å². The molecule has 4 amide bonds. The van der Waals surface area contributed by atoms with Crippen molar-refractivity contribution >= 4 is 64.9 Å². The smallest absolute Gasteiger partial charge is 0.310 e. The number of esters is 3. The molecule has 726 valence electrons. The highest BCUT2D eigenvalue weighted by molar-refractivity contribution is 6.34. The van der Waals surface area contributed by atoms with Crippen LogP contribution in [0.4, 0.5) is 40.9 Å². The van der Waals surface area contributed by atoms with E-state index in [0.29, 0.717) is 119 Å². The van der Waals surface area contributed by atoms with Crippen LogP contribution in [0.5, 0.6) is 23.0 Å². The molecular weight excluding hydrogens is 1870 g/mol. The summed E-state index contributed by atoms with van der Waals surface area (Å²) < 4.78 is 150. The van der Waals surface area contributed by atoms with Crippen LogP contribution in [0.2, 0.25) is 5.02 Å². The number of aliphatic carboxylic acids is 1. The van der Waals surface area contributed by atoms with Crippen LogP contribution in [0.3, 0.4) is 0 Å². The Labute approximate surface area is 811 Å². The van der Waals surface area contributed by atoms with Crippen LogP contribution in [0.15, 0.2) is 207 Å². The average molecular weight is 1960 g/mol. The second-order valence-corrected chi connectivity index (χ2v) is 32.5. The topological polar surface area (TPSA) is 381 Å². The third kappa shape index (κ3) is 23.9. The lowest BCUT2D eigenvalue weighted by Gasteiger charge is -2.18. The van der Waals surface area contributed by atoms with E-state index in [-0.39, 0.29) is 181 Å². The van der Waals surface area contributed by atoms with Crippen LogP contribution in [-0.4, -0.2) is 152 Å². The number of benzene rings is 6. The standard InChI is InChI=1S/C31H27F2N3O5.C22H17ClF2N2O3.C22H17F2N3O3.C21H15F2N3O3.C8H10N2O2/c1-39-22-10-8-19(27(14-22)40-2)16-36-17-26-29(31(36)38)20(12-21-9-7-18(15-34-21)11-28(37)41-3)13-25(35-26)30-23(32)5-4-6-24(30)33;1-29-13-7-6-12(19(8-13)30-2)10-27-11-18-20(22(27)28)14(23)9-17(26-18)21-15(24)4-3-5-16(21)25;1-30-19(28)7-12-5-6-14(25-10-12)8-13-9-17(21-15(23)3-2-4-16(21)24)27-18-11-26-22(29)20(13)18;22-14-2-1-3-15(23)20(14)16-8-12(19-17(26-16)10-25-21(19)29)7-13-5-4-11(9-24-13)6-18(27)28;1-12-8(11)4-6-2-3-7(9)10-5-6/h4-10,13-15H,11-12,16-17H2,1-3H3;3-9H,10-11H2,1-2H3;2-6,9-10H,7-8,11H2,1H3,(H,26,29);1-5,8-9H,6-7,10H2,(H,25,29)(H,27,28);2-3,5H,4H2,1H3,(H2,9,10). The maximum Gasteiger partial charge on any atom is 0.310 e. The van der Waals surface area contributed by atoms with E-state index in [2.05, 4.69) is 60.0 Å². The van der Waals surface area contributed by atoms with Crippen LogP contribution in [0.1, 0.15) is 131 Å². The number of nitrogen functional groups attached to an aromatic ring is 1. The summed E-state index contributed by atoms with van der Waals surface area (Å²) in [7, 11) is 10.2. The van der Waals surface area contributed by atoms with Gasteiger partial charge >= 0.3 is 23.9 Å². The number of nitrogens with zero attached hydrogens (tertiary/aromatic N) is 10. The van der Waals surface area contributed by atoms with Gasteiger partial charge in [0.25, 0.3) is 23.6 Å². The molecule has 0 bridgehead atoms. The van der Waals surface area contributed by atoms with Gasteiger partial charge in [-0.15, -0.1) is 0 Å². The lowest BCUT2D eigenvalue weighted by atomic mass is 9.98. The summed E-state index contributed by atoms with van der Waals surface area (Å²) in [5.41, 5.74) is 15.5. The number of aromatic nitrogens is 8. The Morgan fingerprint density at radius 1 is 0.366 bits per heavy atom. The van der Waals surface area contributed by atoms with E-state index >= 15 is 0 Å². The molecule has 18 rings (SSSR count). The average Bonchev–Trinajstić information content (AvgIpc) is 1.60. The lowest BCUT2D eigenvalue weighted by Crippen LogP contribution is -2.24. The summed E-state index contributed by atoms with van der Waals surface area (Å²) in [4.78, 5) is 133. The molecule has 0 saturated heterocycles. The number of nitrogens with one attached hydrogen (secondary N) is 2. The molecule has 6 aromatic carbocycles. The first-order valence-electron chi connectivity index (χ1n) is 43.4. The Kier molecular flexibility index (Phi) is 32.4. The fourth-order valence-corrected chi connectivity index (χ4v) is 16.2. The van der Waals surface area contributed by atoms with Crippen LogP contribution in [0, 0.1) is 46.5 Å². The number of fused-ring (bicyclic) bond motifs is 4. The Balaban J connectivity index is 0.000000146. The van der Waals surface area contributed by atoms with E-state index in [1.54, 1.807) is 121 Å². The quantitative estimate of drug-likeness (QED) is 0.0222. The molecule has 14 aromatic rings. The second-order valence-electron chi connectivity index (χ2n) is 32.1. The molecule has 38 heteroatoms. The zero-order valence-corrected chi connectivity index (χ0v) is 77.6. The molecule has 0 unspecified atom stereocenters. The van der Waals surface area contributed by atoms with Gasteiger partial charge in [0.2, 0.25) is 0 Å². The minimum absolute atomic E-state index is 0.0472. The molecule has 0 aliphatic carbocycles. The molecule has 4 aliphatic heterocycles. The number of rotatable bonds is 26. The molecule has 12 heterocycles. The molecule has 0 radical (unpaired) electrons. The summed E-state index contributed by atoms with van der Waals surface area (Å²) >= 11 is 6.32. The molecule has 8 aromatic heterocycles. The number of ether oxygens (including phenoxy) is 7. The van der Waals surface area contributed by atoms with Gasteiger partial charge in [-0.2, -0.15) is 0 Å². The number of carboxylic acid groups (broad SMARTS) is 1. The first-order chi connectivity index (χ1) is 68.3. The Hall–Kier alpha value is -17.0. The van der Waals surface area contributed by atoms with Crippen molar-refractivity contribution in [3.63, 3.8) is 0 Å². The monoisotopic (exact) mass is 1960 g/mol. The predicted molar refractivity (Wildman–Crippen MR) is 500 cm³/mol. The van der Waals surface area contributed by atoms with Gasteiger partial charge in [0.15, 0.2) is 0 Å². The molecular formula is C104H86ClF8N13O16. The summed E-state index contributed by atoms with van der Waals surface area (Å²) in [5.74, 6) is -6.23. The third-order valence-corrected chi connectivity index (χ3v) is 23.1. The largest absolute Gasteiger partial charge is 0.497 e. The number of anilines is 1. The summed E-state index contributed by atoms with van der Waals surface area (Å²) in [5, 5.41) is 14.3. The van der Waals surface area contributed by atoms with Gasteiger partial charge < -0.3 is 64.4 Å². The van der Waals surface area contributed by atoms with Gasteiger partial charge in [0, 0.05) is 84.4 Å². The van der Waals surface area contributed by atoms with Crippen molar-refractivity contribution in [3.05, 3.63) is 371 Å². The minimum Gasteiger partial charge on any atom is -0.497 e. The highest BCUT2D eigenvalue weighted by Crippen LogP contribution is 2.40. The predicted octanol–water partition coefficient (Wildman–Crippen LogP) is 16.0. The van der Waals surface area contributed by atoms with Crippen LogP contribution in [0.25, 0.3) is 45.0 Å². The van der Waals surface area contributed by atoms with Gasteiger partial charge in [-0.3, -0.25) is 53.3 Å². The highest BCUT2D eigenvalue weighted by Gasteiger charge is 2.37. The Morgan fingerprint density at radius 3 is 1.00 bits per heavy atom. The van der Waals surface area contributed by atoms with Gasteiger partial charge in [0.05, 0.1) is 210 Å². The van der Waals surface area contributed by atoms with Crippen molar-refractivity contribution in [1.82, 2.24) is 60.3 Å². The number of carbonyl (C=O) groups excluding carboxylic acids is 7. The number of methoxy groups -OCH3 is 7. The molecule has 142 heavy (non-hydrogen) atoms. The third-order valence-electron chi connectivity index (χ3n) is 22.8. The highest BCUT2D eigenvalue weighted by atomic mass is 35.5. The first-order valence-corrected chi connectivity index (χ1v) is 43.8. The SMILES string of the molecule is COC(=O)Cc1ccc(Cc2cc(-c3c(F)cccc3F)nc3c2C(=O)N(Cc2ccc(OC)cc2OC)C3)nc1.COC(=O)Cc1ccc(Cc2cc(-c3c(F)cccc3F)nc3c2C(=O)NC3)nc1.COC(=O)Cc1ccc(N)nc1.COc1ccc(CN2Cc3nc(-c4c(F)cccc4F)cc(Cl)c3C2=O)c(OC)c1.O=C(O)Cc1ccc(Cc2cc(-c3c(F)cccc3F)nc3c2C(=O)NC3)nc1. The van der Waals surface area contributed by atoms with Crippen molar-refractivity contribution in [1.29, 1.82) is 0 Å². The van der Waals surface area contributed by atoms with Gasteiger partial charge in [-0.25, -0.2) is 60.0 Å². The molecule has 0 spiro atoms. The summed E-state index contributed by atoms with van der Waals surface area (Å²) in [6.07, 6.45) is 7.13. The lowest BCUT2D eigenvalue weighted by molar-refractivity contribution is -0.140. The van der Waals surface area contributed by atoms with E-state index in [9.17, 15) is 73.5 Å². The van der Waals surface area contributed by atoms with Crippen molar-refractivity contribution in [3.8, 4) is 68.0 Å². The maximum absolute atomic E-state index is 14.8. The van der Waals surface area contributed by atoms with Crippen molar-refractivity contribution in [2.45, 2.75) is 84.2 Å². The molecule has 0 fully saturated rings.